The third kappa shape index (κ3) is 8.37. The third-order valence-corrected chi connectivity index (χ3v) is 10.3. The van der Waals surface area contributed by atoms with E-state index in [1.807, 2.05) is 30.3 Å². The van der Waals surface area contributed by atoms with Crippen molar-refractivity contribution in [3.8, 4) is 5.75 Å². The second kappa shape index (κ2) is 15.7. The van der Waals surface area contributed by atoms with Crippen LogP contribution in [0.15, 0.2) is 114 Å². The van der Waals surface area contributed by atoms with E-state index < -0.39 is 34.3 Å². The number of carbonyl (C=O) groups excluding carboxylic acids is 2. The van der Waals surface area contributed by atoms with Crippen LogP contribution >= 0.6 is 0 Å². The van der Waals surface area contributed by atoms with Gasteiger partial charge in [-0.3, -0.25) is 13.9 Å². The summed E-state index contributed by atoms with van der Waals surface area (Å²) in [6.07, 6.45) is 4.92. The minimum atomic E-state index is -4.29. The molecule has 8 nitrogen and oxygen atoms in total. The zero-order valence-corrected chi connectivity index (χ0v) is 27.2. The molecule has 1 N–H and O–H groups in total. The third-order valence-electron chi connectivity index (χ3n) is 8.49. The number of hydrogen-bond acceptors (Lipinski definition) is 5. The van der Waals surface area contributed by atoms with Crippen molar-refractivity contribution in [1.82, 2.24) is 10.2 Å². The number of benzene rings is 4. The van der Waals surface area contributed by atoms with Gasteiger partial charge in [-0.15, -0.1) is 0 Å². The smallest absolute Gasteiger partial charge is 0.264 e. The molecule has 1 atom stereocenters. The van der Waals surface area contributed by atoms with Gasteiger partial charge in [0.05, 0.1) is 17.7 Å². The van der Waals surface area contributed by atoms with Crippen LogP contribution in [0.5, 0.6) is 5.75 Å². The van der Waals surface area contributed by atoms with Crippen molar-refractivity contribution in [2.45, 2.75) is 62.0 Å². The van der Waals surface area contributed by atoms with Gasteiger partial charge in [0.25, 0.3) is 10.0 Å². The normalized spacial score (nSPS) is 14.2. The van der Waals surface area contributed by atoms with E-state index in [2.05, 4.69) is 5.32 Å². The Morgan fingerprint density at radius 1 is 0.851 bits per heavy atom. The predicted octanol–water partition coefficient (Wildman–Crippen LogP) is 6.12. The first-order valence-electron chi connectivity index (χ1n) is 15.9. The summed E-state index contributed by atoms with van der Waals surface area (Å²) in [5.41, 5.74) is 1.17. The molecule has 0 spiro atoms. The Bertz CT molecular complexity index is 1750. The second-order valence-electron chi connectivity index (χ2n) is 11.7. The lowest BCUT2D eigenvalue weighted by Crippen LogP contribution is -2.55. The first-order chi connectivity index (χ1) is 22.8. The number of nitrogens with zero attached hydrogens (tertiary/aromatic N) is 2. The quantitative estimate of drug-likeness (QED) is 0.187. The van der Waals surface area contributed by atoms with Gasteiger partial charge in [0, 0.05) is 24.6 Å². The van der Waals surface area contributed by atoms with E-state index in [-0.39, 0.29) is 46.8 Å². The molecular weight excluding hydrogens is 617 g/mol. The average molecular weight is 658 g/mol. The van der Waals surface area contributed by atoms with Gasteiger partial charge in [0.1, 0.15) is 24.2 Å². The second-order valence-corrected chi connectivity index (χ2v) is 13.5. The minimum Gasteiger partial charge on any atom is -0.495 e. The zero-order valence-electron chi connectivity index (χ0n) is 26.4. The molecule has 0 unspecified atom stereocenters. The summed E-state index contributed by atoms with van der Waals surface area (Å²) < 4.78 is 50.0. The van der Waals surface area contributed by atoms with E-state index in [4.69, 9.17) is 4.74 Å². The summed E-state index contributed by atoms with van der Waals surface area (Å²) in [5.74, 6) is -1.31. The molecular formula is C37H40FN3O5S. The van der Waals surface area contributed by atoms with Gasteiger partial charge in [-0.25, -0.2) is 12.8 Å². The highest BCUT2D eigenvalue weighted by molar-refractivity contribution is 7.92. The van der Waals surface area contributed by atoms with Gasteiger partial charge < -0.3 is 15.0 Å². The molecule has 0 aromatic heterocycles. The van der Waals surface area contributed by atoms with Crippen LogP contribution in [0.3, 0.4) is 0 Å². The highest BCUT2D eigenvalue weighted by Gasteiger charge is 2.36. The Kier molecular flexibility index (Phi) is 11.3. The van der Waals surface area contributed by atoms with Gasteiger partial charge in [-0.1, -0.05) is 98.1 Å². The van der Waals surface area contributed by atoms with Gasteiger partial charge in [0.2, 0.25) is 11.8 Å². The van der Waals surface area contributed by atoms with Gasteiger partial charge in [-0.05, 0) is 48.7 Å². The number of hydrogen-bond donors (Lipinski definition) is 1. The molecule has 47 heavy (non-hydrogen) atoms. The predicted molar refractivity (Wildman–Crippen MR) is 180 cm³/mol. The van der Waals surface area contributed by atoms with E-state index in [9.17, 15) is 18.0 Å². The van der Waals surface area contributed by atoms with Crippen LogP contribution in [0.1, 0.15) is 43.2 Å². The molecule has 1 aliphatic rings. The molecule has 0 radical (unpaired) electrons. The van der Waals surface area contributed by atoms with E-state index >= 15 is 4.39 Å². The fourth-order valence-electron chi connectivity index (χ4n) is 5.98. The molecule has 10 heteroatoms. The van der Waals surface area contributed by atoms with Crippen molar-refractivity contribution in [1.29, 1.82) is 0 Å². The molecule has 246 valence electrons. The Morgan fingerprint density at radius 2 is 1.47 bits per heavy atom. The minimum absolute atomic E-state index is 0.0183. The van der Waals surface area contributed by atoms with Crippen LogP contribution in [0.25, 0.3) is 0 Å². The topological polar surface area (TPSA) is 96.0 Å². The van der Waals surface area contributed by atoms with Crippen molar-refractivity contribution < 1.29 is 27.1 Å². The highest BCUT2D eigenvalue weighted by Crippen LogP contribution is 2.33. The van der Waals surface area contributed by atoms with Crippen molar-refractivity contribution in [3.63, 3.8) is 0 Å². The maximum absolute atomic E-state index is 15.2. The first kappa shape index (κ1) is 33.7. The van der Waals surface area contributed by atoms with E-state index in [0.717, 1.165) is 42.0 Å². The number of amides is 2. The number of anilines is 1. The standard InChI is InChI=1S/C37H40FN3O5S/c1-46-35-24-14-13-23-33(35)41(47(44,45)31-20-9-4-10-21-31)27-36(42)40(26-29-17-11-12-22-32(29)38)34(25-28-15-5-2-6-16-28)37(43)39-30-18-7-3-8-19-30/h2,4-6,9-17,20-24,30,34H,3,7-8,18-19,25-27H2,1H3,(H,39,43)/t34-/m1/s1. The summed E-state index contributed by atoms with van der Waals surface area (Å²) >= 11 is 0. The van der Waals surface area contributed by atoms with Crippen LogP contribution in [0.4, 0.5) is 10.1 Å². The highest BCUT2D eigenvalue weighted by atomic mass is 32.2. The molecule has 1 fully saturated rings. The monoisotopic (exact) mass is 657 g/mol. The molecule has 1 saturated carbocycles. The lowest BCUT2D eigenvalue weighted by atomic mass is 9.94. The van der Waals surface area contributed by atoms with Crippen molar-refractivity contribution in [2.75, 3.05) is 18.0 Å². The maximum Gasteiger partial charge on any atom is 0.264 e. The number of rotatable bonds is 13. The first-order valence-corrected chi connectivity index (χ1v) is 17.3. The summed E-state index contributed by atoms with van der Waals surface area (Å²) in [6, 6.07) is 28.6. The molecule has 1 aliphatic carbocycles. The fourth-order valence-corrected chi connectivity index (χ4v) is 7.42. The summed E-state index contributed by atoms with van der Waals surface area (Å²) in [6.45, 7) is -0.902. The molecule has 0 saturated heterocycles. The van der Waals surface area contributed by atoms with Gasteiger partial charge in [-0.2, -0.15) is 0 Å². The largest absolute Gasteiger partial charge is 0.495 e. The van der Waals surface area contributed by atoms with Crippen LogP contribution in [0, 0.1) is 5.82 Å². The van der Waals surface area contributed by atoms with Gasteiger partial charge in [0.15, 0.2) is 0 Å². The number of methoxy groups -OCH3 is 1. The number of ether oxygens (including phenoxy) is 1. The van der Waals surface area contributed by atoms with Crippen LogP contribution in [0.2, 0.25) is 0 Å². The van der Waals surface area contributed by atoms with E-state index in [1.165, 1.54) is 30.2 Å². The number of halogens is 1. The molecule has 4 aromatic carbocycles. The van der Waals surface area contributed by atoms with Crippen LogP contribution < -0.4 is 14.4 Å². The van der Waals surface area contributed by atoms with E-state index in [1.54, 1.807) is 60.7 Å². The summed E-state index contributed by atoms with van der Waals surface area (Å²) in [7, 11) is -2.87. The number of carbonyl (C=O) groups is 2. The molecule has 2 amide bonds. The molecule has 0 heterocycles. The number of para-hydroxylation sites is 2. The molecule has 4 aromatic rings. The zero-order chi connectivity index (χ0) is 33.2. The Morgan fingerprint density at radius 3 is 2.15 bits per heavy atom. The molecule has 0 aliphatic heterocycles. The fraction of sp³-hybridized carbons (Fsp3) is 0.297. The van der Waals surface area contributed by atoms with Crippen molar-refractivity contribution >= 4 is 27.5 Å². The summed E-state index contributed by atoms with van der Waals surface area (Å²) in [4.78, 5) is 30.1. The maximum atomic E-state index is 15.2. The van der Waals surface area contributed by atoms with Crippen molar-refractivity contribution in [2.24, 2.45) is 0 Å². The number of nitrogens with one attached hydrogen (secondary N) is 1. The van der Waals surface area contributed by atoms with Gasteiger partial charge >= 0.3 is 0 Å². The average Bonchev–Trinajstić information content (AvgIpc) is 3.10. The van der Waals surface area contributed by atoms with Crippen LogP contribution in [-0.2, 0) is 32.6 Å². The Labute approximate surface area is 276 Å². The number of sulfonamides is 1. The molecule has 5 rings (SSSR count). The summed E-state index contributed by atoms with van der Waals surface area (Å²) in [5, 5.41) is 3.16. The van der Waals surface area contributed by atoms with E-state index in [0.29, 0.717) is 0 Å². The van der Waals surface area contributed by atoms with Crippen LogP contribution in [-0.4, -0.2) is 50.9 Å². The Hall–Kier alpha value is -4.70. The van der Waals surface area contributed by atoms with Crippen molar-refractivity contribution in [3.05, 3.63) is 126 Å². The lowest BCUT2D eigenvalue weighted by Gasteiger charge is -2.35. The Balaban J connectivity index is 1.58. The molecule has 0 bridgehead atoms. The lowest BCUT2D eigenvalue weighted by molar-refractivity contribution is -0.140. The SMILES string of the molecule is COc1ccccc1N(CC(=O)N(Cc1ccccc1F)[C@H](Cc1ccccc1)C(=O)NC1CCCCC1)S(=O)(=O)c1ccccc1.